The maximum absolute atomic E-state index is 11.3. The van der Waals surface area contributed by atoms with Crippen molar-refractivity contribution in [3.8, 4) is 0 Å². The van der Waals surface area contributed by atoms with Gasteiger partial charge in [-0.1, -0.05) is 18.9 Å². The Morgan fingerprint density at radius 3 is 2.75 bits per heavy atom. The van der Waals surface area contributed by atoms with Gasteiger partial charge in [0.05, 0.1) is 11.1 Å². The Hall–Kier alpha value is -1.84. The number of imidazole rings is 1. The van der Waals surface area contributed by atoms with Crippen molar-refractivity contribution in [2.24, 2.45) is 5.92 Å². The number of aryl methyl sites for hydroxylation is 1. The van der Waals surface area contributed by atoms with E-state index in [1.165, 1.54) is 32.1 Å². The standard InChI is InChI=1S/C16H18N2O2/c19-16(20)12-2-1-3-13-14(12)17-15(11-6-7-11)18(13)9-8-10-4-5-10/h1-3,10-11H,4-9H2,(H,19,20). The van der Waals surface area contributed by atoms with Gasteiger partial charge in [0.15, 0.2) is 0 Å². The SMILES string of the molecule is O=C(O)c1cccc2c1nc(C1CC1)n2CCC1CC1. The molecule has 104 valence electrons. The molecule has 0 atom stereocenters. The van der Waals surface area contributed by atoms with E-state index in [9.17, 15) is 9.90 Å². The lowest BCUT2D eigenvalue weighted by atomic mass is 10.2. The van der Waals surface area contributed by atoms with Gasteiger partial charge in [-0.3, -0.25) is 0 Å². The number of fused-ring (bicyclic) bond motifs is 1. The van der Waals surface area contributed by atoms with Crippen LogP contribution >= 0.6 is 0 Å². The number of carbonyl (C=O) groups is 1. The molecule has 0 amide bonds. The Morgan fingerprint density at radius 2 is 2.10 bits per heavy atom. The highest BCUT2D eigenvalue weighted by atomic mass is 16.4. The summed E-state index contributed by atoms with van der Waals surface area (Å²) in [6, 6.07) is 5.49. The molecule has 1 heterocycles. The number of aromatic carboxylic acids is 1. The van der Waals surface area contributed by atoms with Crippen LogP contribution in [0.2, 0.25) is 0 Å². The molecule has 20 heavy (non-hydrogen) atoms. The molecule has 1 aromatic heterocycles. The molecule has 0 aliphatic heterocycles. The Labute approximate surface area is 117 Å². The van der Waals surface area contributed by atoms with Gasteiger partial charge in [0.2, 0.25) is 0 Å². The van der Waals surface area contributed by atoms with Gasteiger partial charge in [-0.05, 0) is 37.3 Å². The number of carboxylic acids is 1. The highest BCUT2D eigenvalue weighted by Gasteiger charge is 2.31. The van der Waals surface area contributed by atoms with E-state index in [4.69, 9.17) is 0 Å². The van der Waals surface area contributed by atoms with Crippen molar-refractivity contribution in [3.63, 3.8) is 0 Å². The van der Waals surface area contributed by atoms with Gasteiger partial charge in [0, 0.05) is 12.5 Å². The van der Waals surface area contributed by atoms with Crippen LogP contribution in [0.5, 0.6) is 0 Å². The molecule has 0 bridgehead atoms. The average Bonchev–Trinajstić information content (AvgIpc) is 3.33. The normalized spacial score (nSPS) is 18.6. The first kappa shape index (κ1) is 11.9. The maximum Gasteiger partial charge on any atom is 0.337 e. The van der Waals surface area contributed by atoms with Crippen LogP contribution in [-0.4, -0.2) is 20.6 Å². The van der Waals surface area contributed by atoms with Gasteiger partial charge in [-0.25, -0.2) is 9.78 Å². The van der Waals surface area contributed by atoms with Gasteiger partial charge in [0.25, 0.3) is 0 Å². The first-order valence-corrected chi connectivity index (χ1v) is 7.46. The summed E-state index contributed by atoms with van der Waals surface area (Å²) in [4.78, 5) is 16.0. The quantitative estimate of drug-likeness (QED) is 0.905. The Morgan fingerprint density at radius 1 is 1.30 bits per heavy atom. The van der Waals surface area contributed by atoms with Crippen LogP contribution in [0.15, 0.2) is 18.2 Å². The number of para-hydroxylation sites is 1. The summed E-state index contributed by atoms with van der Waals surface area (Å²) in [5.41, 5.74) is 1.99. The minimum absolute atomic E-state index is 0.328. The van der Waals surface area contributed by atoms with Crippen LogP contribution in [0.4, 0.5) is 0 Å². The van der Waals surface area contributed by atoms with Gasteiger partial charge < -0.3 is 9.67 Å². The lowest BCUT2D eigenvalue weighted by Crippen LogP contribution is -2.03. The van der Waals surface area contributed by atoms with E-state index in [0.29, 0.717) is 17.0 Å². The molecule has 0 unspecified atom stereocenters. The third-order valence-electron chi connectivity index (χ3n) is 4.44. The Kier molecular flexibility index (Phi) is 2.59. The molecular weight excluding hydrogens is 252 g/mol. The van der Waals surface area contributed by atoms with E-state index < -0.39 is 5.97 Å². The van der Waals surface area contributed by atoms with Crippen LogP contribution < -0.4 is 0 Å². The number of rotatable bonds is 5. The van der Waals surface area contributed by atoms with Gasteiger partial charge in [-0.2, -0.15) is 0 Å². The second-order valence-electron chi connectivity index (χ2n) is 6.11. The predicted octanol–water partition coefficient (Wildman–Crippen LogP) is 3.41. The fourth-order valence-electron chi connectivity index (χ4n) is 2.94. The summed E-state index contributed by atoms with van der Waals surface area (Å²) in [5, 5.41) is 9.32. The molecule has 0 saturated heterocycles. The number of carboxylic acid groups (broad SMARTS) is 1. The first-order chi connectivity index (χ1) is 9.74. The number of aromatic nitrogens is 2. The lowest BCUT2D eigenvalue weighted by Gasteiger charge is -2.08. The fourth-order valence-corrected chi connectivity index (χ4v) is 2.94. The minimum atomic E-state index is -0.884. The second-order valence-corrected chi connectivity index (χ2v) is 6.11. The summed E-state index contributed by atoms with van der Waals surface area (Å²) >= 11 is 0. The summed E-state index contributed by atoms with van der Waals surface area (Å²) < 4.78 is 2.28. The van der Waals surface area contributed by atoms with Crippen molar-refractivity contribution in [1.29, 1.82) is 0 Å². The topological polar surface area (TPSA) is 55.1 Å². The molecule has 4 heteroatoms. The summed E-state index contributed by atoms with van der Waals surface area (Å²) in [7, 11) is 0. The monoisotopic (exact) mass is 270 g/mol. The number of benzene rings is 1. The first-order valence-electron chi connectivity index (χ1n) is 7.46. The molecular formula is C16H18N2O2. The van der Waals surface area contributed by atoms with Crippen LogP contribution in [0, 0.1) is 5.92 Å². The molecule has 1 aromatic carbocycles. The number of hydrogen-bond donors (Lipinski definition) is 1. The largest absolute Gasteiger partial charge is 0.478 e. The van der Waals surface area contributed by atoms with Crippen LogP contribution in [0.25, 0.3) is 11.0 Å². The van der Waals surface area contributed by atoms with Crippen molar-refractivity contribution >= 4 is 17.0 Å². The zero-order chi connectivity index (χ0) is 13.7. The van der Waals surface area contributed by atoms with E-state index in [-0.39, 0.29) is 0 Å². The van der Waals surface area contributed by atoms with E-state index >= 15 is 0 Å². The molecule has 2 fully saturated rings. The van der Waals surface area contributed by atoms with Crippen molar-refractivity contribution in [1.82, 2.24) is 9.55 Å². The highest BCUT2D eigenvalue weighted by Crippen LogP contribution is 2.42. The Bertz CT molecular complexity index is 681. The fraction of sp³-hybridized carbons (Fsp3) is 0.500. The highest BCUT2D eigenvalue weighted by molar-refractivity contribution is 6.01. The van der Waals surface area contributed by atoms with E-state index in [0.717, 1.165) is 23.8 Å². The average molecular weight is 270 g/mol. The predicted molar refractivity (Wildman–Crippen MR) is 76.0 cm³/mol. The third kappa shape index (κ3) is 1.99. The second kappa shape index (κ2) is 4.33. The van der Waals surface area contributed by atoms with Crippen LogP contribution in [-0.2, 0) is 6.54 Å². The van der Waals surface area contributed by atoms with Crippen LogP contribution in [0.1, 0.15) is 54.2 Å². The van der Waals surface area contributed by atoms with Gasteiger partial charge in [0.1, 0.15) is 11.3 Å². The van der Waals surface area contributed by atoms with E-state index in [1.807, 2.05) is 12.1 Å². The van der Waals surface area contributed by atoms with E-state index in [1.54, 1.807) is 6.07 Å². The zero-order valence-corrected chi connectivity index (χ0v) is 11.4. The smallest absolute Gasteiger partial charge is 0.337 e. The van der Waals surface area contributed by atoms with Crippen molar-refractivity contribution in [2.45, 2.75) is 44.6 Å². The molecule has 0 spiro atoms. The molecule has 2 aliphatic rings. The van der Waals surface area contributed by atoms with E-state index in [2.05, 4.69) is 9.55 Å². The molecule has 2 saturated carbocycles. The summed E-state index contributed by atoms with van der Waals surface area (Å²) in [6.07, 6.45) is 6.28. The van der Waals surface area contributed by atoms with Gasteiger partial charge in [-0.15, -0.1) is 0 Å². The van der Waals surface area contributed by atoms with Crippen LogP contribution in [0.3, 0.4) is 0 Å². The summed E-state index contributed by atoms with van der Waals surface area (Å²) in [5.74, 6) is 1.64. The minimum Gasteiger partial charge on any atom is -0.478 e. The molecule has 2 aliphatic carbocycles. The summed E-state index contributed by atoms with van der Waals surface area (Å²) in [6.45, 7) is 0.982. The number of hydrogen-bond acceptors (Lipinski definition) is 2. The maximum atomic E-state index is 11.3. The van der Waals surface area contributed by atoms with Crippen molar-refractivity contribution in [2.75, 3.05) is 0 Å². The number of nitrogens with zero attached hydrogens (tertiary/aromatic N) is 2. The zero-order valence-electron chi connectivity index (χ0n) is 11.4. The molecule has 4 rings (SSSR count). The van der Waals surface area contributed by atoms with Crippen molar-refractivity contribution in [3.05, 3.63) is 29.6 Å². The molecule has 2 aromatic rings. The molecule has 4 nitrogen and oxygen atoms in total. The Balaban J connectivity index is 1.82. The van der Waals surface area contributed by atoms with Gasteiger partial charge >= 0.3 is 5.97 Å². The lowest BCUT2D eigenvalue weighted by molar-refractivity contribution is 0.0699. The molecule has 1 N–H and O–H groups in total. The molecule has 0 radical (unpaired) electrons. The van der Waals surface area contributed by atoms with Crippen molar-refractivity contribution < 1.29 is 9.90 Å². The third-order valence-corrected chi connectivity index (χ3v) is 4.44.